The van der Waals surface area contributed by atoms with Gasteiger partial charge in [0.1, 0.15) is 6.29 Å². The van der Waals surface area contributed by atoms with Crippen LogP contribution in [0.3, 0.4) is 0 Å². The average molecular weight is 384 g/mol. The molecule has 1 aliphatic rings. The van der Waals surface area contributed by atoms with Crippen molar-refractivity contribution in [3.63, 3.8) is 0 Å². The molecule has 0 aromatic heterocycles. The highest BCUT2D eigenvalue weighted by molar-refractivity contribution is 5.96. The zero-order valence-electron chi connectivity index (χ0n) is 16.3. The third kappa shape index (κ3) is 4.54. The predicted molar refractivity (Wildman–Crippen MR) is 115 cm³/mol. The van der Waals surface area contributed by atoms with E-state index in [1.165, 1.54) is 11.1 Å². The molecular formula is C25H24N2O2. The van der Waals surface area contributed by atoms with E-state index in [-0.39, 0.29) is 5.91 Å². The van der Waals surface area contributed by atoms with Gasteiger partial charge in [-0.1, -0.05) is 54.6 Å². The monoisotopic (exact) mass is 384 g/mol. The molecule has 0 saturated heterocycles. The van der Waals surface area contributed by atoms with E-state index in [4.69, 9.17) is 0 Å². The number of carbonyl (C=O) groups is 2. The van der Waals surface area contributed by atoms with Crippen molar-refractivity contribution in [1.29, 1.82) is 0 Å². The van der Waals surface area contributed by atoms with Crippen LogP contribution in [0.25, 0.3) is 0 Å². The molecule has 1 aliphatic heterocycles. The Balaban J connectivity index is 1.39. The maximum Gasteiger partial charge on any atom is 0.251 e. The van der Waals surface area contributed by atoms with Crippen LogP contribution in [0.5, 0.6) is 0 Å². The normalized spacial score (nSPS) is 14.0. The Labute approximate surface area is 171 Å². The molecule has 1 heterocycles. The maximum absolute atomic E-state index is 12.6. The summed E-state index contributed by atoms with van der Waals surface area (Å²) in [5.74, 6) is -0.228. The summed E-state index contributed by atoms with van der Waals surface area (Å²) in [5, 5.41) is 2.82. The lowest BCUT2D eigenvalue weighted by Crippen LogP contribution is -2.37. The number of nitrogens with one attached hydrogen (secondary N) is 1. The summed E-state index contributed by atoms with van der Waals surface area (Å²) in [6.45, 7) is 1.85. The average Bonchev–Trinajstić information content (AvgIpc) is 2.79. The highest BCUT2D eigenvalue weighted by atomic mass is 16.2. The summed E-state index contributed by atoms with van der Waals surface area (Å²) in [7, 11) is 0. The van der Waals surface area contributed by atoms with Gasteiger partial charge in [0.15, 0.2) is 0 Å². The molecule has 146 valence electrons. The molecule has 4 nitrogen and oxygen atoms in total. The minimum atomic E-state index is -0.539. The van der Waals surface area contributed by atoms with Gasteiger partial charge in [0.25, 0.3) is 5.91 Å². The smallest absolute Gasteiger partial charge is 0.251 e. The quantitative estimate of drug-likeness (QED) is 0.658. The van der Waals surface area contributed by atoms with Crippen LogP contribution in [-0.4, -0.2) is 24.8 Å². The third-order valence-electron chi connectivity index (χ3n) is 5.40. The Morgan fingerprint density at radius 1 is 0.931 bits per heavy atom. The zero-order valence-corrected chi connectivity index (χ0v) is 16.3. The Kier molecular flexibility index (Phi) is 5.71. The molecule has 0 aliphatic carbocycles. The van der Waals surface area contributed by atoms with Crippen molar-refractivity contribution in [2.75, 3.05) is 11.4 Å². The molecule has 0 saturated carbocycles. The minimum Gasteiger partial charge on any atom is -0.367 e. The van der Waals surface area contributed by atoms with Crippen molar-refractivity contribution in [2.45, 2.75) is 25.4 Å². The van der Waals surface area contributed by atoms with Gasteiger partial charge in [-0.15, -0.1) is 0 Å². The van der Waals surface area contributed by atoms with Crippen LogP contribution in [0.1, 0.15) is 27.0 Å². The van der Waals surface area contributed by atoms with Gasteiger partial charge in [0.05, 0.1) is 6.04 Å². The molecule has 0 bridgehead atoms. The number of hydrogen-bond donors (Lipinski definition) is 1. The SMILES string of the molecule is O=CC(Cc1ccccc1)NC(=O)c1ccc(N2CCc3ccccc3C2)cc1. The maximum atomic E-state index is 12.6. The number of nitrogens with zero attached hydrogens (tertiary/aromatic N) is 1. The summed E-state index contributed by atoms with van der Waals surface area (Å²) in [4.78, 5) is 26.3. The molecule has 1 N–H and O–H groups in total. The topological polar surface area (TPSA) is 49.4 Å². The molecule has 3 aromatic rings. The van der Waals surface area contributed by atoms with Crippen molar-refractivity contribution < 1.29 is 9.59 Å². The van der Waals surface area contributed by atoms with E-state index in [1.807, 2.05) is 54.6 Å². The van der Waals surface area contributed by atoms with Gasteiger partial charge in [-0.25, -0.2) is 0 Å². The van der Waals surface area contributed by atoms with Crippen molar-refractivity contribution in [1.82, 2.24) is 5.32 Å². The molecule has 4 rings (SSSR count). The van der Waals surface area contributed by atoms with Crippen molar-refractivity contribution >= 4 is 17.9 Å². The van der Waals surface area contributed by atoms with Gasteiger partial charge in [0, 0.05) is 24.3 Å². The van der Waals surface area contributed by atoms with E-state index < -0.39 is 6.04 Å². The number of anilines is 1. The van der Waals surface area contributed by atoms with E-state index in [2.05, 4.69) is 34.5 Å². The predicted octanol–water partition coefficient (Wildman–Crippen LogP) is 3.79. The molecule has 3 aromatic carbocycles. The molecule has 0 radical (unpaired) electrons. The fraction of sp³-hybridized carbons (Fsp3) is 0.200. The number of aldehydes is 1. The molecule has 4 heteroatoms. The van der Waals surface area contributed by atoms with Crippen LogP contribution in [0.2, 0.25) is 0 Å². The lowest BCUT2D eigenvalue weighted by Gasteiger charge is -2.30. The summed E-state index contributed by atoms with van der Waals surface area (Å²) in [5.41, 5.74) is 5.46. The van der Waals surface area contributed by atoms with Crippen LogP contribution < -0.4 is 10.2 Å². The van der Waals surface area contributed by atoms with E-state index >= 15 is 0 Å². The number of fused-ring (bicyclic) bond motifs is 1. The van der Waals surface area contributed by atoms with Crippen LogP contribution in [0.15, 0.2) is 78.9 Å². The van der Waals surface area contributed by atoms with E-state index in [0.717, 1.165) is 37.0 Å². The fourth-order valence-corrected chi connectivity index (χ4v) is 3.79. The van der Waals surface area contributed by atoms with E-state index in [1.54, 1.807) is 0 Å². The highest BCUT2D eigenvalue weighted by Gasteiger charge is 2.17. The first-order valence-electron chi connectivity index (χ1n) is 9.95. The molecule has 29 heavy (non-hydrogen) atoms. The fourth-order valence-electron chi connectivity index (χ4n) is 3.79. The molecule has 0 fully saturated rings. The van der Waals surface area contributed by atoms with Crippen LogP contribution in [0, 0.1) is 0 Å². The van der Waals surface area contributed by atoms with Crippen LogP contribution >= 0.6 is 0 Å². The standard InChI is InChI=1S/C25H24N2O2/c28-18-23(16-19-6-2-1-3-7-19)26-25(29)21-10-12-24(13-11-21)27-15-14-20-8-4-5-9-22(20)17-27/h1-13,18,23H,14-17H2,(H,26,29). The largest absolute Gasteiger partial charge is 0.367 e. The Morgan fingerprint density at radius 3 is 2.34 bits per heavy atom. The summed E-state index contributed by atoms with van der Waals surface area (Å²) in [6.07, 6.45) is 2.31. The van der Waals surface area contributed by atoms with E-state index in [0.29, 0.717) is 12.0 Å². The number of rotatable bonds is 6. The second-order valence-corrected chi connectivity index (χ2v) is 7.39. The van der Waals surface area contributed by atoms with Gasteiger partial charge < -0.3 is 15.0 Å². The lowest BCUT2D eigenvalue weighted by molar-refractivity contribution is -0.109. The van der Waals surface area contributed by atoms with Crippen molar-refractivity contribution in [3.8, 4) is 0 Å². The lowest BCUT2D eigenvalue weighted by atomic mass is 9.99. The Bertz CT molecular complexity index is 983. The molecular weight excluding hydrogens is 360 g/mol. The number of hydrogen-bond acceptors (Lipinski definition) is 3. The third-order valence-corrected chi connectivity index (χ3v) is 5.40. The summed E-state index contributed by atoms with van der Waals surface area (Å²) < 4.78 is 0. The first-order chi connectivity index (χ1) is 14.2. The van der Waals surface area contributed by atoms with Gasteiger partial charge in [-0.2, -0.15) is 0 Å². The molecule has 1 unspecified atom stereocenters. The van der Waals surface area contributed by atoms with Crippen molar-refractivity contribution in [3.05, 3.63) is 101 Å². The number of benzene rings is 3. The molecule has 0 spiro atoms. The molecule has 1 atom stereocenters. The van der Waals surface area contributed by atoms with Crippen LogP contribution in [0.4, 0.5) is 5.69 Å². The second-order valence-electron chi connectivity index (χ2n) is 7.39. The first kappa shape index (κ1) is 18.9. The second kappa shape index (κ2) is 8.74. The Morgan fingerprint density at radius 2 is 1.62 bits per heavy atom. The number of amides is 1. The highest BCUT2D eigenvalue weighted by Crippen LogP contribution is 2.24. The first-order valence-corrected chi connectivity index (χ1v) is 9.95. The van der Waals surface area contributed by atoms with Gasteiger partial charge in [0.2, 0.25) is 0 Å². The summed E-state index contributed by atoms with van der Waals surface area (Å²) in [6, 6.07) is 25.3. The number of carbonyl (C=O) groups excluding carboxylic acids is 2. The van der Waals surface area contributed by atoms with Crippen molar-refractivity contribution in [2.24, 2.45) is 0 Å². The summed E-state index contributed by atoms with van der Waals surface area (Å²) >= 11 is 0. The van der Waals surface area contributed by atoms with Gasteiger partial charge in [-0.3, -0.25) is 4.79 Å². The van der Waals surface area contributed by atoms with Crippen LogP contribution in [-0.2, 0) is 24.2 Å². The molecule has 1 amide bonds. The van der Waals surface area contributed by atoms with Gasteiger partial charge in [-0.05, 0) is 53.8 Å². The minimum absolute atomic E-state index is 0.228. The van der Waals surface area contributed by atoms with Gasteiger partial charge >= 0.3 is 0 Å². The zero-order chi connectivity index (χ0) is 20.1. The van der Waals surface area contributed by atoms with E-state index in [9.17, 15) is 9.59 Å². The Hall–Kier alpha value is -3.40.